The largest absolute Gasteiger partial charge is 0.330 e. The number of nitrogens with two attached hydrogens (primary N) is 1. The van der Waals surface area contributed by atoms with Gasteiger partial charge in [-0.05, 0) is 42.5 Å². The van der Waals surface area contributed by atoms with Gasteiger partial charge >= 0.3 is 0 Å². The summed E-state index contributed by atoms with van der Waals surface area (Å²) in [6.07, 6.45) is 2.95. The number of hydrogen-bond donors (Lipinski definition) is 1. The highest BCUT2D eigenvalue weighted by Gasteiger charge is 1.97. The van der Waals surface area contributed by atoms with Crippen LogP contribution in [0.3, 0.4) is 0 Å². The highest BCUT2D eigenvalue weighted by molar-refractivity contribution is 7.98. The van der Waals surface area contributed by atoms with Crippen LogP contribution in [0.2, 0.25) is 0 Å². The zero-order chi connectivity index (χ0) is 9.68. The Morgan fingerprint density at radius 1 is 1.38 bits per heavy atom. The van der Waals surface area contributed by atoms with Gasteiger partial charge in [-0.25, -0.2) is 0 Å². The highest BCUT2D eigenvalue weighted by atomic mass is 32.2. The second kappa shape index (κ2) is 5.10. The number of benzene rings is 1. The molecular formula is C11H15NS. The summed E-state index contributed by atoms with van der Waals surface area (Å²) in [5, 5.41) is 0. The molecule has 0 aliphatic rings. The van der Waals surface area contributed by atoms with Crippen LogP contribution in [-0.2, 0) is 0 Å². The van der Waals surface area contributed by atoms with Crippen LogP contribution >= 0.6 is 11.8 Å². The fraction of sp³-hybridized carbons (Fsp3) is 0.273. The lowest BCUT2D eigenvalue weighted by Gasteiger charge is -2.04. The number of rotatable bonds is 4. The van der Waals surface area contributed by atoms with Gasteiger partial charge in [0.25, 0.3) is 0 Å². The predicted octanol–water partition coefficient (Wildman–Crippen LogP) is 2.77. The van der Waals surface area contributed by atoms with E-state index in [-0.39, 0.29) is 0 Å². The minimum Gasteiger partial charge on any atom is -0.330 e. The molecule has 1 rings (SSSR count). The topological polar surface area (TPSA) is 26.0 Å². The van der Waals surface area contributed by atoms with Crippen molar-refractivity contribution in [1.82, 2.24) is 0 Å². The lowest BCUT2D eigenvalue weighted by molar-refractivity contribution is 1.02. The Labute approximate surface area is 84.0 Å². The van der Waals surface area contributed by atoms with Gasteiger partial charge in [0.2, 0.25) is 0 Å². The summed E-state index contributed by atoms with van der Waals surface area (Å²) in [6.45, 7) is 4.65. The number of hydrogen-bond acceptors (Lipinski definition) is 2. The van der Waals surface area contributed by atoms with Gasteiger partial charge in [-0.15, -0.1) is 11.8 Å². The third-order valence-electron chi connectivity index (χ3n) is 1.94. The van der Waals surface area contributed by atoms with Crippen LogP contribution in [0, 0.1) is 0 Å². The second-order valence-corrected chi connectivity index (χ2v) is 3.75. The molecule has 70 valence electrons. The summed E-state index contributed by atoms with van der Waals surface area (Å²) >= 11 is 1.75. The van der Waals surface area contributed by atoms with Gasteiger partial charge in [-0.2, -0.15) is 0 Å². The summed E-state index contributed by atoms with van der Waals surface area (Å²) in [4.78, 5) is 1.28. The van der Waals surface area contributed by atoms with Crippen molar-refractivity contribution < 1.29 is 0 Å². The molecule has 0 aromatic heterocycles. The summed E-state index contributed by atoms with van der Waals surface area (Å²) < 4.78 is 0. The molecule has 0 fully saturated rings. The van der Waals surface area contributed by atoms with Crippen LogP contribution in [0.5, 0.6) is 0 Å². The van der Waals surface area contributed by atoms with Crippen molar-refractivity contribution in [2.45, 2.75) is 11.3 Å². The minimum absolute atomic E-state index is 0.670. The molecular weight excluding hydrogens is 178 g/mol. The van der Waals surface area contributed by atoms with E-state index < -0.39 is 0 Å². The third-order valence-corrected chi connectivity index (χ3v) is 2.69. The predicted molar refractivity (Wildman–Crippen MR) is 60.9 cm³/mol. The Morgan fingerprint density at radius 3 is 2.46 bits per heavy atom. The fourth-order valence-electron chi connectivity index (χ4n) is 1.15. The molecule has 0 saturated carbocycles. The monoisotopic (exact) mass is 193 g/mol. The molecule has 0 unspecified atom stereocenters. The van der Waals surface area contributed by atoms with Gasteiger partial charge in [0.15, 0.2) is 0 Å². The van der Waals surface area contributed by atoms with E-state index in [9.17, 15) is 0 Å². The molecule has 2 heteroatoms. The maximum atomic E-state index is 5.46. The first-order chi connectivity index (χ1) is 6.27. The SMILES string of the molecule is C=C(CCN)c1ccc(SC)cc1. The van der Waals surface area contributed by atoms with Crippen molar-refractivity contribution in [2.24, 2.45) is 5.73 Å². The summed E-state index contributed by atoms with van der Waals surface area (Å²) in [7, 11) is 0. The Hall–Kier alpha value is -0.730. The molecule has 0 amide bonds. The van der Waals surface area contributed by atoms with E-state index in [2.05, 4.69) is 37.1 Å². The van der Waals surface area contributed by atoms with Crippen molar-refractivity contribution in [3.63, 3.8) is 0 Å². The van der Waals surface area contributed by atoms with Crippen LogP contribution in [0.25, 0.3) is 5.57 Å². The normalized spacial score (nSPS) is 10.0. The standard InChI is InChI=1S/C11H15NS/c1-9(7-8-12)10-3-5-11(13-2)6-4-10/h3-6H,1,7-8,12H2,2H3. The zero-order valence-electron chi connectivity index (χ0n) is 7.92. The smallest absolute Gasteiger partial charge is 0.00695 e. The molecule has 0 saturated heterocycles. The number of thioether (sulfide) groups is 1. The lowest BCUT2D eigenvalue weighted by atomic mass is 10.1. The quantitative estimate of drug-likeness (QED) is 0.744. The molecule has 13 heavy (non-hydrogen) atoms. The lowest BCUT2D eigenvalue weighted by Crippen LogP contribution is -1.99. The summed E-state index contributed by atoms with van der Waals surface area (Å²) in [6, 6.07) is 8.43. The minimum atomic E-state index is 0.670. The molecule has 0 radical (unpaired) electrons. The average molecular weight is 193 g/mol. The maximum Gasteiger partial charge on any atom is 0.00695 e. The first kappa shape index (κ1) is 10.4. The van der Waals surface area contributed by atoms with Crippen molar-refractivity contribution >= 4 is 17.3 Å². The summed E-state index contributed by atoms with van der Waals surface area (Å²) in [5.41, 5.74) is 7.78. The van der Waals surface area contributed by atoms with E-state index in [0.29, 0.717) is 6.54 Å². The van der Waals surface area contributed by atoms with Crippen molar-refractivity contribution in [3.05, 3.63) is 36.4 Å². The average Bonchev–Trinajstić information content (AvgIpc) is 2.18. The molecule has 0 bridgehead atoms. The van der Waals surface area contributed by atoms with E-state index in [1.54, 1.807) is 11.8 Å². The molecule has 0 atom stereocenters. The van der Waals surface area contributed by atoms with E-state index in [4.69, 9.17) is 5.73 Å². The van der Waals surface area contributed by atoms with Crippen LogP contribution in [0.15, 0.2) is 35.7 Å². The van der Waals surface area contributed by atoms with Crippen LogP contribution < -0.4 is 5.73 Å². The van der Waals surface area contributed by atoms with E-state index in [1.165, 1.54) is 10.5 Å². The van der Waals surface area contributed by atoms with Gasteiger partial charge in [-0.3, -0.25) is 0 Å². The molecule has 0 aliphatic heterocycles. The Bertz CT molecular complexity index is 277. The molecule has 2 N–H and O–H groups in total. The van der Waals surface area contributed by atoms with Gasteiger partial charge in [0.05, 0.1) is 0 Å². The van der Waals surface area contributed by atoms with Crippen LogP contribution in [-0.4, -0.2) is 12.8 Å². The molecule has 1 aromatic carbocycles. The Kier molecular flexibility index (Phi) is 4.06. The van der Waals surface area contributed by atoms with E-state index >= 15 is 0 Å². The van der Waals surface area contributed by atoms with Crippen LogP contribution in [0.4, 0.5) is 0 Å². The zero-order valence-corrected chi connectivity index (χ0v) is 8.73. The van der Waals surface area contributed by atoms with Gasteiger partial charge < -0.3 is 5.73 Å². The first-order valence-electron chi connectivity index (χ1n) is 4.30. The third kappa shape index (κ3) is 2.90. The van der Waals surface area contributed by atoms with Crippen LogP contribution in [0.1, 0.15) is 12.0 Å². The first-order valence-corrected chi connectivity index (χ1v) is 5.52. The molecule has 1 aromatic rings. The van der Waals surface area contributed by atoms with E-state index in [0.717, 1.165) is 12.0 Å². The van der Waals surface area contributed by atoms with Gasteiger partial charge in [-0.1, -0.05) is 18.7 Å². The highest BCUT2D eigenvalue weighted by Crippen LogP contribution is 2.20. The van der Waals surface area contributed by atoms with Crippen molar-refractivity contribution in [3.8, 4) is 0 Å². The van der Waals surface area contributed by atoms with Crippen molar-refractivity contribution in [1.29, 1.82) is 0 Å². The summed E-state index contributed by atoms with van der Waals surface area (Å²) in [5.74, 6) is 0. The molecule has 0 spiro atoms. The Morgan fingerprint density at radius 2 is 2.00 bits per heavy atom. The maximum absolute atomic E-state index is 5.46. The molecule has 0 aliphatic carbocycles. The molecule has 0 heterocycles. The van der Waals surface area contributed by atoms with Gasteiger partial charge in [0, 0.05) is 4.90 Å². The van der Waals surface area contributed by atoms with E-state index in [1.807, 2.05) is 0 Å². The second-order valence-electron chi connectivity index (χ2n) is 2.87. The molecule has 1 nitrogen and oxygen atoms in total. The van der Waals surface area contributed by atoms with Gasteiger partial charge in [0.1, 0.15) is 0 Å². The van der Waals surface area contributed by atoms with Crippen molar-refractivity contribution in [2.75, 3.05) is 12.8 Å². The Balaban J connectivity index is 2.74. The fourth-order valence-corrected chi connectivity index (χ4v) is 1.55.